The number of amides is 2. The molecule has 0 spiro atoms. The Hall–Kier alpha value is -2.28. The lowest BCUT2D eigenvalue weighted by Gasteiger charge is -2.31. The summed E-state index contributed by atoms with van der Waals surface area (Å²) in [7, 11) is 3.20. The zero-order chi connectivity index (χ0) is 25.1. The molecule has 1 fully saturated rings. The molecule has 192 valence electrons. The van der Waals surface area contributed by atoms with Crippen molar-refractivity contribution in [2.75, 3.05) is 33.9 Å². The van der Waals surface area contributed by atoms with Crippen LogP contribution in [-0.2, 0) is 19.1 Å². The van der Waals surface area contributed by atoms with Gasteiger partial charge in [0.15, 0.2) is 0 Å². The molecule has 1 aliphatic carbocycles. The Morgan fingerprint density at radius 3 is 2.50 bits per heavy atom. The molecule has 1 saturated heterocycles. The number of carbonyl (C=O) groups is 2. The number of piperidine rings is 1. The number of hydroxylamine groups is 2. The number of nitrogens with zero attached hydrogens (tertiary/aromatic N) is 2. The molecule has 0 bridgehead atoms. The second kappa shape index (κ2) is 14.2. The van der Waals surface area contributed by atoms with Gasteiger partial charge >= 0.3 is 6.09 Å². The van der Waals surface area contributed by atoms with E-state index in [2.05, 4.69) is 32.1 Å². The molecular formula is C27H44N2O5. The van der Waals surface area contributed by atoms with Crippen LogP contribution >= 0.6 is 0 Å². The average molecular weight is 477 g/mol. The van der Waals surface area contributed by atoms with Crippen molar-refractivity contribution in [3.05, 3.63) is 35.1 Å². The Morgan fingerprint density at radius 1 is 1.18 bits per heavy atom. The lowest BCUT2D eigenvalue weighted by Crippen LogP contribution is -2.40. The van der Waals surface area contributed by atoms with Gasteiger partial charge in [-0.05, 0) is 82.4 Å². The van der Waals surface area contributed by atoms with E-state index in [1.165, 1.54) is 23.3 Å². The van der Waals surface area contributed by atoms with Gasteiger partial charge in [0.2, 0.25) is 5.91 Å². The molecule has 1 unspecified atom stereocenters. The normalized spacial score (nSPS) is 20.6. The molecule has 0 saturated carbocycles. The van der Waals surface area contributed by atoms with Gasteiger partial charge in [0.05, 0.1) is 25.6 Å². The minimum atomic E-state index is -0.210. The van der Waals surface area contributed by atoms with Crippen molar-refractivity contribution < 1.29 is 23.9 Å². The fraction of sp³-hybridized carbons (Fsp3) is 0.704. The van der Waals surface area contributed by atoms with E-state index in [4.69, 9.17) is 14.3 Å². The molecule has 2 aliphatic rings. The van der Waals surface area contributed by atoms with Gasteiger partial charge in [-0.3, -0.25) is 9.63 Å². The van der Waals surface area contributed by atoms with Crippen LogP contribution in [0.4, 0.5) is 4.79 Å². The van der Waals surface area contributed by atoms with Gasteiger partial charge in [-0.1, -0.05) is 19.1 Å². The van der Waals surface area contributed by atoms with Crippen molar-refractivity contribution in [2.24, 2.45) is 11.8 Å². The Morgan fingerprint density at radius 2 is 1.88 bits per heavy atom. The largest absolute Gasteiger partial charge is 0.498 e. The van der Waals surface area contributed by atoms with Crippen molar-refractivity contribution in [2.45, 2.75) is 78.7 Å². The molecule has 7 heteroatoms. The van der Waals surface area contributed by atoms with Gasteiger partial charge < -0.3 is 14.4 Å². The van der Waals surface area contributed by atoms with E-state index in [0.717, 1.165) is 63.8 Å². The van der Waals surface area contributed by atoms with Crippen LogP contribution in [-0.4, -0.2) is 61.9 Å². The lowest BCUT2D eigenvalue weighted by molar-refractivity contribution is -0.173. The second-order valence-electron chi connectivity index (χ2n) is 9.57. The van der Waals surface area contributed by atoms with Crippen molar-refractivity contribution in [1.82, 2.24) is 9.96 Å². The van der Waals surface area contributed by atoms with Crippen molar-refractivity contribution in [3.63, 3.8) is 0 Å². The highest BCUT2D eigenvalue weighted by Gasteiger charge is 2.25. The predicted octanol–water partition coefficient (Wildman–Crippen LogP) is 5.64. The summed E-state index contributed by atoms with van der Waals surface area (Å²) in [4.78, 5) is 31.3. The number of allylic oxidation sites excluding steroid dienone is 6. The quantitative estimate of drug-likeness (QED) is 0.245. The number of hydrogen-bond acceptors (Lipinski definition) is 5. The summed E-state index contributed by atoms with van der Waals surface area (Å²) >= 11 is 0. The maximum atomic E-state index is 12.4. The minimum absolute atomic E-state index is 0.00947. The maximum absolute atomic E-state index is 12.4. The number of likely N-dealkylation sites (tertiary alicyclic amines) is 1. The van der Waals surface area contributed by atoms with Crippen LogP contribution in [0.15, 0.2) is 35.1 Å². The van der Waals surface area contributed by atoms with Crippen LogP contribution in [0.25, 0.3) is 0 Å². The number of hydrogen-bond donors (Lipinski definition) is 0. The monoisotopic (exact) mass is 476 g/mol. The van der Waals surface area contributed by atoms with Crippen molar-refractivity contribution in [1.29, 1.82) is 0 Å². The summed E-state index contributed by atoms with van der Waals surface area (Å²) in [5.41, 5.74) is 2.53. The average Bonchev–Trinajstić information content (AvgIpc) is 3.09. The van der Waals surface area contributed by atoms with E-state index < -0.39 is 0 Å². The van der Waals surface area contributed by atoms with Gasteiger partial charge in [0.25, 0.3) is 0 Å². The topological polar surface area (TPSA) is 68.3 Å². The Bertz CT molecular complexity index is 763. The molecule has 1 atom stereocenters. The molecule has 2 rings (SSSR count). The van der Waals surface area contributed by atoms with Crippen LogP contribution in [0.1, 0.15) is 72.6 Å². The van der Waals surface area contributed by atoms with E-state index in [1.54, 1.807) is 11.9 Å². The van der Waals surface area contributed by atoms with E-state index in [9.17, 15) is 9.59 Å². The first-order valence-electron chi connectivity index (χ1n) is 12.7. The first kappa shape index (κ1) is 28.0. The number of carbonyl (C=O) groups excluding carboxylic acids is 2. The Balaban J connectivity index is 1.83. The standard InChI is InChI=1S/C27H44N2O5/c1-7-25(33-19-22-15-17-29(18-16-22)27(31)34-20(2)3)14-11-21(4)23-9-8-10-24(13-12-23)26(30)28(5)32-6/h9,11,14,20,22,24H,7-8,10,12-13,15-19H2,1-6H3/b21-11+,25-14+. The van der Waals surface area contributed by atoms with Crippen LogP contribution in [0.2, 0.25) is 0 Å². The smallest absolute Gasteiger partial charge is 0.410 e. The predicted molar refractivity (Wildman–Crippen MR) is 134 cm³/mol. The molecular weight excluding hydrogens is 432 g/mol. The lowest BCUT2D eigenvalue weighted by atomic mass is 9.96. The maximum Gasteiger partial charge on any atom is 0.410 e. The summed E-state index contributed by atoms with van der Waals surface area (Å²) in [6, 6.07) is 0. The van der Waals surface area contributed by atoms with E-state index in [1.807, 2.05) is 13.8 Å². The zero-order valence-electron chi connectivity index (χ0n) is 22.0. The van der Waals surface area contributed by atoms with Crippen LogP contribution in [0.5, 0.6) is 0 Å². The highest BCUT2D eigenvalue weighted by molar-refractivity contribution is 5.77. The molecule has 0 aromatic rings. The molecule has 0 N–H and O–H groups in total. The van der Waals surface area contributed by atoms with E-state index >= 15 is 0 Å². The van der Waals surface area contributed by atoms with Crippen LogP contribution < -0.4 is 0 Å². The summed E-state index contributed by atoms with van der Waals surface area (Å²) < 4.78 is 11.4. The fourth-order valence-electron chi connectivity index (χ4n) is 4.36. The molecule has 34 heavy (non-hydrogen) atoms. The summed E-state index contributed by atoms with van der Waals surface area (Å²) in [6.07, 6.45) is 12.4. The zero-order valence-corrected chi connectivity index (χ0v) is 22.0. The van der Waals surface area contributed by atoms with Gasteiger partial charge in [-0.15, -0.1) is 0 Å². The van der Waals surface area contributed by atoms with Crippen molar-refractivity contribution >= 4 is 12.0 Å². The summed E-state index contributed by atoms with van der Waals surface area (Å²) in [5.74, 6) is 1.50. The first-order valence-corrected chi connectivity index (χ1v) is 12.7. The Labute approximate surface area is 205 Å². The third kappa shape index (κ3) is 8.82. The third-order valence-electron chi connectivity index (χ3n) is 6.69. The molecule has 0 aromatic carbocycles. The molecule has 0 aromatic heterocycles. The SMILES string of the molecule is CC/C(=C\C=C(/C)C1=CCCC(C(=O)N(C)OC)CC1)OCC1CCN(C(=O)OC(C)C)CC1. The van der Waals surface area contributed by atoms with Gasteiger partial charge in [-0.2, -0.15) is 0 Å². The number of rotatable bonds is 9. The van der Waals surface area contributed by atoms with E-state index in [0.29, 0.717) is 12.5 Å². The molecule has 0 radical (unpaired) electrons. The molecule has 1 heterocycles. The molecule has 7 nitrogen and oxygen atoms in total. The van der Waals surface area contributed by atoms with Gasteiger partial charge in [0.1, 0.15) is 0 Å². The Kier molecular flexibility index (Phi) is 11.7. The minimum Gasteiger partial charge on any atom is -0.498 e. The van der Waals surface area contributed by atoms with Gasteiger partial charge in [-0.25, -0.2) is 9.86 Å². The second-order valence-corrected chi connectivity index (χ2v) is 9.57. The third-order valence-corrected chi connectivity index (χ3v) is 6.69. The number of ether oxygens (including phenoxy) is 2. The fourth-order valence-corrected chi connectivity index (χ4v) is 4.36. The highest BCUT2D eigenvalue weighted by atomic mass is 16.7. The highest BCUT2D eigenvalue weighted by Crippen LogP contribution is 2.28. The summed E-state index contributed by atoms with van der Waals surface area (Å²) in [6.45, 7) is 10.1. The van der Waals surface area contributed by atoms with E-state index in [-0.39, 0.29) is 24.0 Å². The van der Waals surface area contributed by atoms with Crippen molar-refractivity contribution in [3.8, 4) is 0 Å². The van der Waals surface area contributed by atoms with Crippen LogP contribution in [0.3, 0.4) is 0 Å². The van der Waals surface area contributed by atoms with Gasteiger partial charge in [0, 0.05) is 32.5 Å². The first-order chi connectivity index (χ1) is 16.2. The molecule has 2 amide bonds. The summed E-state index contributed by atoms with van der Waals surface area (Å²) in [5, 5.41) is 1.34. The molecule has 1 aliphatic heterocycles. The van der Waals surface area contributed by atoms with Crippen LogP contribution in [0, 0.1) is 11.8 Å².